The third-order valence-electron chi connectivity index (χ3n) is 2.82. The highest BCUT2D eigenvalue weighted by Crippen LogP contribution is 2.12. The molecular formula is C11H15N3O4. The molecule has 1 amide bonds. The van der Waals surface area contributed by atoms with E-state index >= 15 is 0 Å². The van der Waals surface area contributed by atoms with Crippen molar-refractivity contribution in [2.24, 2.45) is 0 Å². The van der Waals surface area contributed by atoms with Crippen LogP contribution in [0.3, 0.4) is 0 Å². The summed E-state index contributed by atoms with van der Waals surface area (Å²) >= 11 is 0. The van der Waals surface area contributed by atoms with Gasteiger partial charge in [0.05, 0.1) is 6.33 Å². The molecule has 2 heterocycles. The molecular weight excluding hydrogens is 238 g/mol. The standard InChI is InChI=1S/C11H15N3O4/c15-10(9-2-1-3-18-9)14-8(11(16)17)4-7-5-12-6-13-7/h5-6,8-9H,1-4H2,(H,12,13)(H,14,15)(H,16,17)/t8-,9+/m1/s1. The number of nitrogens with one attached hydrogen (secondary N) is 2. The number of carbonyl (C=O) groups excluding carboxylic acids is 1. The first-order valence-electron chi connectivity index (χ1n) is 5.79. The Kier molecular flexibility index (Phi) is 3.93. The molecule has 0 radical (unpaired) electrons. The zero-order chi connectivity index (χ0) is 13.0. The van der Waals surface area contributed by atoms with Crippen LogP contribution in [0.1, 0.15) is 18.5 Å². The van der Waals surface area contributed by atoms with Gasteiger partial charge in [0.15, 0.2) is 0 Å². The second kappa shape index (κ2) is 5.63. The highest BCUT2D eigenvalue weighted by atomic mass is 16.5. The van der Waals surface area contributed by atoms with E-state index in [-0.39, 0.29) is 12.3 Å². The van der Waals surface area contributed by atoms with Gasteiger partial charge in [-0.1, -0.05) is 0 Å². The number of nitrogens with zero attached hydrogens (tertiary/aromatic N) is 1. The lowest BCUT2D eigenvalue weighted by atomic mass is 10.1. The van der Waals surface area contributed by atoms with Gasteiger partial charge in [-0.05, 0) is 12.8 Å². The van der Waals surface area contributed by atoms with Gasteiger partial charge in [0.2, 0.25) is 5.91 Å². The molecule has 2 atom stereocenters. The molecule has 1 fully saturated rings. The Balaban J connectivity index is 1.93. The number of imidazole rings is 1. The average molecular weight is 253 g/mol. The third kappa shape index (κ3) is 3.07. The number of H-pyrrole nitrogens is 1. The van der Waals surface area contributed by atoms with Gasteiger partial charge in [-0.2, -0.15) is 0 Å². The van der Waals surface area contributed by atoms with Gasteiger partial charge in [-0.25, -0.2) is 9.78 Å². The molecule has 7 nitrogen and oxygen atoms in total. The first-order valence-corrected chi connectivity index (χ1v) is 5.79. The summed E-state index contributed by atoms with van der Waals surface area (Å²) in [7, 11) is 0. The molecule has 2 rings (SSSR count). The van der Waals surface area contributed by atoms with Crippen LogP contribution < -0.4 is 5.32 Å². The van der Waals surface area contributed by atoms with Gasteiger partial charge >= 0.3 is 5.97 Å². The Bertz CT molecular complexity index is 412. The molecule has 3 N–H and O–H groups in total. The van der Waals surface area contributed by atoms with E-state index in [1.165, 1.54) is 12.5 Å². The first kappa shape index (κ1) is 12.6. The van der Waals surface area contributed by atoms with Crippen molar-refractivity contribution in [3.05, 3.63) is 18.2 Å². The molecule has 0 spiro atoms. The summed E-state index contributed by atoms with van der Waals surface area (Å²) in [6, 6.07) is -0.970. The minimum atomic E-state index is -1.07. The molecule has 98 valence electrons. The smallest absolute Gasteiger partial charge is 0.326 e. The highest BCUT2D eigenvalue weighted by Gasteiger charge is 2.28. The maximum atomic E-state index is 11.8. The minimum absolute atomic E-state index is 0.174. The quantitative estimate of drug-likeness (QED) is 0.668. The fourth-order valence-corrected chi connectivity index (χ4v) is 1.87. The largest absolute Gasteiger partial charge is 0.480 e. The Morgan fingerprint density at radius 2 is 2.50 bits per heavy atom. The topological polar surface area (TPSA) is 104 Å². The van der Waals surface area contributed by atoms with Gasteiger partial charge in [-0.3, -0.25) is 4.79 Å². The molecule has 1 aromatic heterocycles. The molecule has 1 saturated heterocycles. The summed E-state index contributed by atoms with van der Waals surface area (Å²) < 4.78 is 5.21. The molecule has 0 unspecified atom stereocenters. The minimum Gasteiger partial charge on any atom is -0.480 e. The van der Waals surface area contributed by atoms with Crippen LogP contribution in [0.4, 0.5) is 0 Å². The maximum absolute atomic E-state index is 11.8. The number of carboxylic acid groups (broad SMARTS) is 1. The van der Waals surface area contributed by atoms with E-state index in [0.29, 0.717) is 18.7 Å². The lowest BCUT2D eigenvalue weighted by molar-refractivity contribution is -0.143. The van der Waals surface area contributed by atoms with Gasteiger partial charge in [0.25, 0.3) is 0 Å². The summed E-state index contributed by atoms with van der Waals surface area (Å²) in [4.78, 5) is 29.5. The normalized spacial score (nSPS) is 20.6. The SMILES string of the molecule is O=C(N[C@H](Cc1cnc[nH]1)C(=O)O)[C@@H]1CCCO1. The number of carbonyl (C=O) groups is 2. The highest BCUT2D eigenvalue weighted by molar-refractivity contribution is 5.86. The average Bonchev–Trinajstić information content (AvgIpc) is 3.00. The van der Waals surface area contributed by atoms with E-state index < -0.39 is 18.1 Å². The molecule has 0 aromatic carbocycles. The van der Waals surface area contributed by atoms with Crippen molar-refractivity contribution in [3.8, 4) is 0 Å². The molecule has 1 aliphatic heterocycles. The number of hydrogen-bond acceptors (Lipinski definition) is 4. The fourth-order valence-electron chi connectivity index (χ4n) is 1.87. The zero-order valence-electron chi connectivity index (χ0n) is 9.76. The number of ether oxygens (including phenoxy) is 1. The van der Waals surface area contributed by atoms with Crippen LogP contribution >= 0.6 is 0 Å². The fraction of sp³-hybridized carbons (Fsp3) is 0.545. The van der Waals surface area contributed by atoms with Crippen molar-refractivity contribution in [2.75, 3.05) is 6.61 Å². The van der Waals surface area contributed by atoms with Crippen molar-refractivity contribution >= 4 is 11.9 Å². The lowest BCUT2D eigenvalue weighted by Crippen LogP contribution is -2.46. The first-order chi connectivity index (χ1) is 8.66. The predicted molar refractivity (Wildman–Crippen MR) is 60.8 cm³/mol. The van der Waals surface area contributed by atoms with Crippen LogP contribution in [0, 0.1) is 0 Å². The molecule has 0 saturated carbocycles. The Morgan fingerprint density at radius 3 is 3.06 bits per heavy atom. The van der Waals surface area contributed by atoms with Crippen LogP contribution in [0.25, 0.3) is 0 Å². The van der Waals surface area contributed by atoms with Crippen molar-refractivity contribution in [1.29, 1.82) is 0 Å². The second-order valence-electron chi connectivity index (χ2n) is 4.18. The van der Waals surface area contributed by atoms with E-state index in [4.69, 9.17) is 9.84 Å². The number of aromatic nitrogens is 2. The summed E-state index contributed by atoms with van der Waals surface area (Å²) in [6.07, 6.45) is 4.13. The zero-order valence-corrected chi connectivity index (χ0v) is 9.76. The van der Waals surface area contributed by atoms with Gasteiger partial charge in [0, 0.05) is 24.9 Å². The molecule has 1 aromatic rings. The summed E-state index contributed by atoms with van der Waals surface area (Å²) in [5.74, 6) is -1.43. The number of aromatic amines is 1. The van der Waals surface area contributed by atoms with Gasteiger partial charge in [0.1, 0.15) is 12.1 Å². The van der Waals surface area contributed by atoms with E-state index in [0.717, 1.165) is 6.42 Å². The van der Waals surface area contributed by atoms with Crippen molar-refractivity contribution in [3.63, 3.8) is 0 Å². The third-order valence-corrected chi connectivity index (χ3v) is 2.82. The number of hydrogen-bond donors (Lipinski definition) is 3. The predicted octanol–water partition coefficient (Wildman–Crippen LogP) is -0.299. The second-order valence-corrected chi connectivity index (χ2v) is 4.18. The molecule has 18 heavy (non-hydrogen) atoms. The van der Waals surface area contributed by atoms with Gasteiger partial charge in [-0.15, -0.1) is 0 Å². The molecule has 7 heteroatoms. The monoisotopic (exact) mass is 253 g/mol. The van der Waals surface area contributed by atoms with E-state index in [1.807, 2.05) is 0 Å². The van der Waals surface area contributed by atoms with Crippen LogP contribution in [0.15, 0.2) is 12.5 Å². The van der Waals surface area contributed by atoms with Crippen molar-refractivity contribution < 1.29 is 19.4 Å². The molecule has 1 aliphatic rings. The van der Waals surface area contributed by atoms with E-state index in [1.54, 1.807) is 0 Å². The Hall–Kier alpha value is -1.89. The van der Waals surface area contributed by atoms with E-state index in [9.17, 15) is 9.59 Å². The Morgan fingerprint density at radius 1 is 1.67 bits per heavy atom. The number of aliphatic carboxylic acids is 1. The number of rotatable bonds is 5. The molecule has 0 aliphatic carbocycles. The van der Waals surface area contributed by atoms with Crippen molar-refractivity contribution in [2.45, 2.75) is 31.4 Å². The molecule has 0 bridgehead atoms. The van der Waals surface area contributed by atoms with Crippen molar-refractivity contribution in [1.82, 2.24) is 15.3 Å². The number of carboxylic acids is 1. The number of amides is 1. The maximum Gasteiger partial charge on any atom is 0.326 e. The van der Waals surface area contributed by atoms with Crippen LogP contribution in [-0.4, -0.2) is 45.7 Å². The van der Waals surface area contributed by atoms with Crippen LogP contribution in [0.5, 0.6) is 0 Å². The lowest BCUT2D eigenvalue weighted by Gasteiger charge is -2.16. The summed E-state index contributed by atoms with van der Waals surface area (Å²) in [6.45, 7) is 0.552. The Labute approximate surface area is 104 Å². The van der Waals surface area contributed by atoms with E-state index in [2.05, 4.69) is 15.3 Å². The summed E-state index contributed by atoms with van der Waals surface area (Å²) in [5.41, 5.74) is 0.662. The summed E-state index contributed by atoms with van der Waals surface area (Å²) in [5, 5.41) is 11.6. The van der Waals surface area contributed by atoms with Gasteiger partial charge < -0.3 is 20.1 Å². The van der Waals surface area contributed by atoms with Crippen LogP contribution in [0.2, 0.25) is 0 Å². The van der Waals surface area contributed by atoms with Crippen LogP contribution in [-0.2, 0) is 20.7 Å².